The fraction of sp³-hybridized carbons (Fsp3) is 0.174. The van der Waals surface area contributed by atoms with Gasteiger partial charge in [0.25, 0.3) is 5.92 Å². The first-order valence-electron chi connectivity index (χ1n) is 9.48. The quantitative estimate of drug-likeness (QED) is 0.473. The van der Waals surface area contributed by atoms with Crippen LogP contribution in [0.2, 0.25) is 0 Å². The smallest absolute Gasteiger partial charge is 0.270 e. The third-order valence-electron chi connectivity index (χ3n) is 4.94. The molecule has 1 N–H and O–H groups in total. The van der Waals surface area contributed by atoms with Gasteiger partial charge >= 0.3 is 0 Å². The second-order valence-corrected chi connectivity index (χ2v) is 7.17. The number of ether oxygens (including phenoxy) is 1. The summed E-state index contributed by atoms with van der Waals surface area (Å²) in [6.07, 6.45) is 0. The molecule has 0 saturated heterocycles. The average Bonchev–Trinajstić information content (AvgIpc) is 3.04. The summed E-state index contributed by atoms with van der Waals surface area (Å²) in [7, 11) is 7.52. The first-order chi connectivity index (χ1) is 14.3. The maximum Gasteiger partial charge on any atom is 0.270 e. The van der Waals surface area contributed by atoms with E-state index in [4.69, 9.17) is 12.6 Å². The van der Waals surface area contributed by atoms with E-state index in [1.807, 2.05) is 34.9 Å². The monoisotopic (exact) mass is 403 g/mol. The van der Waals surface area contributed by atoms with Gasteiger partial charge in [-0.2, -0.15) is 0 Å². The number of nitrogens with zero attached hydrogens (tertiary/aromatic N) is 2. The number of hydrogen-bond acceptors (Lipinski definition) is 3. The lowest BCUT2D eigenvalue weighted by molar-refractivity contribution is 0.0165. The minimum Gasteiger partial charge on any atom is -0.497 e. The van der Waals surface area contributed by atoms with E-state index < -0.39 is 5.92 Å². The number of hydrogen-bond donors (Lipinski definition) is 1. The standard InChI is InChI=1S/C23H20BF2N3O/c1-23(25,26)19-6-4-3-5-15(19)14-29-21-12-7-16(24)13-20(21)28-22(29)27-17-8-10-18(30-2)11-9-17/h3-13H,14H2,1-2H3,(H,27,28). The van der Waals surface area contributed by atoms with E-state index in [1.165, 1.54) is 6.07 Å². The van der Waals surface area contributed by atoms with Crippen LogP contribution in [0.25, 0.3) is 11.0 Å². The predicted molar refractivity (Wildman–Crippen MR) is 117 cm³/mol. The molecule has 0 saturated carbocycles. The molecule has 150 valence electrons. The van der Waals surface area contributed by atoms with Gasteiger partial charge in [-0.15, -0.1) is 0 Å². The third-order valence-corrected chi connectivity index (χ3v) is 4.94. The van der Waals surface area contributed by atoms with Gasteiger partial charge in [0.05, 0.1) is 24.7 Å². The molecule has 0 spiro atoms. The Hall–Kier alpha value is -3.35. The van der Waals surface area contributed by atoms with Gasteiger partial charge in [-0.3, -0.25) is 0 Å². The lowest BCUT2D eigenvalue weighted by Crippen LogP contribution is -2.14. The molecule has 4 aromatic rings. The van der Waals surface area contributed by atoms with Gasteiger partial charge in [0.1, 0.15) is 13.6 Å². The molecule has 0 aliphatic heterocycles. The van der Waals surface area contributed by atoms with Crippen molar-refractivity contribution in [1.82, 2.24) is 9.55 Å². The topological polar surface area (TPSA) is 39.1 Å². The summed E-state index contributed by atoms with van der Waals surface area (Å²) < 4.78 is 35.4. The molecule has 0 aliphatic rings. The molecular formula is C23H20BF2N3O. The third kappa shape index (κ3) is 4.01. The van der Waals surface area contributed by atoms with Crippen molar-refractivity contribution in [2.75, 3.05) is 12.4 Å². The number of imidazole rings is 1. The molecular weight excluding hydrogens is 383 g/mol. The fourth-order valence-electron chi connectivity index (χ4n) is 3.46. The normalized spacial score (nSPS) is 11.6. The van der Waals surface area contributed by atoms with E-state index >= 15 is 0 Å². The van der Waals surface area contributed by atoms with Crippen LogP contribution in [0.1, 0.15) is 18.1 Å². The van der Waals surface area contributed by atoms with Crippen LogP contribution in [0.5, 0.6) is 5.75 Å². The van der Waals surface area contributed by atoms with Crippen molar-refractivity contribution in [3.8, 4) is 5.75 Å². The highest BCUT2D eigenvalue weighted by Gasteiger charge is 2.27. The Bertz CT molecular complexity index is 1180. The predicted octanol–water partition coefficient (Wildman–Crippen LogP) is 4.74. The van der Waals surface area contributed by atoms with Crippen molar-refractivity contribution < 1.29 is 13.5 Å². The summed E-state index contributed by atoms with van der Waals surface area (Å²) in [4.78, 5) is 4.65. The van der Waals surface area contributed by atoms with Crippen LogP contribution in [-0.4, -0.2) is 24.5 Å². The maximum atomic E-state index is 14.2. The largest absolute Gasteiger partial charge is 0.497 e. The van der Waals surface area contributed by atoms with Crippen LogP contribution < -0.4 is 15.5 Å². The van der Waals surface area contributed by atoms with E-state index in [9.17, 15) is 8.78 Å². The van der Waals surface area contributed by atoms with E-state index in [2.05, 4.69) is 10.3 Å². The van der Waals surface area contributed by atoms with Crippen LogP contribution in [0.4, 0.5) is 20.4 Å². The summed E-state index contributed by atoms with van der Waals surface area (Å²) in [5, 5.41) is 3.28. The number of anilines is 2. The van der Waals surface area contributed by atoms with Crippen LogP contribution in [-0.2, 0) is 12.5 Å². The highest BCUT2D eigenvalue weighted by Crippen LogP contribution is 2.32. The number of aromatic nitrogens is 2. The molecule has 4 nitrogen and oxygen atoms in total. The van der Waals surface area contributed by atoms with Gasteiger partial charge in [-0.1, -0.05) is 35.8 Å². The van der Waals surface area contributed by atoms with Gasteiger partial charge in [-0.05, 0) is 42.0 Å². The summed E-state index contributed by atoms with van der Waals surface area (Å²) in [5.74, 6) is -1.67. The van der Waals surface area contributed by atoms with Gasteiger partial charge in [0.15, 0.2) is 0 Å². The van der Waals surface area contributed by atoms with Crippen molar-refractivity contribution in [1.29, 1.82) is 0 Å². The summed E-state index contributed by atoms with van der Waals surface area (Å²) >= 11 is 0. The molecule has 1 heterocycles. The zero-order valence-corrected chi connectivity index (χ0v) is 16.7. The molecule has 2 radical (unpaired) electrons. The highest BCUT2D eigenvalue weighted by molar-refractivity contribution is 6.33. The molecule has 4 rings (SSSR count). The van der Waals surface area contributed by atoms with Gasteiger partial charge in [0, 0.05) is 18.2 Å². The Morgan fingerprint density at radius 1 is 1.07 bits per heavy atom. The number of halogens is 2. The fourth-order valence-corrected chi connectivity index (χ4v) is 3.46. The summed E-state index contributed by atoms with van der Waals surface area (Å²) in [6, 6.07) is 19.4. The number of alkyl halides is 2. The summed E-state index contributed by atoms with van der Waals surface area (Å²) in [6.45, 7) is 1.15. The van der Waals surface area contributed by atoms with Gasteiger partial charge in [0.2, 0.25) is 5.95 Å². The number of benzene rings is 3. The minimum absolute atomic E-state index is 0.00214. The number of fused-ring (bicyclic) bond motifs is 1. The van der Waals surface area contributed by atoms with Crippen LogP contribution in [0, 0.1) is 0 Å². The Morgan fingerprint density at radius 2 is 1.80 bits per heavy atom. The van der Waals surface area contributed by atoms with Gasteiger partial charge in [-0.25, -0.2) is 13.8 Å². The molecule has 0 atom stereocenters. The Kier molecular flexibility index (Phi) is 5.20. The average molecular weight is 403 g/mol. The van der Waals surface area contributed by atoms with Crippen molar-refractivity contribution >= 4 is 36.0 Å². The number of nitrogens with one attached hydrogen (secondary N) is 1. The Balaban J connectivity index is 1.79. The van der Waals surface area contributed by atoms with E-state index in [-0.39, 0.29) is 12.1 Å². The lowest BCUT2D eigenvalue weighted by Gasteiger charge is -2.18. The molecule has 0 bridgehead atoms. The van der Waals surface area contributed by atoms with Crippen molar-refractivity contribution in [3.63, 3.8) is 0 Å². The van der Waals surface area contributed by atoms with E-state index in [0.29, 0.717) is 22.5 Å². The van der Waals surface area contributed by atoms with Crippen molar-refractivity contribution in [2.24, 2.45) is 0 Å². The molecule has 1 aromatic heterocycles. The number of rotatable bonds is 6. The molecule has 30 heavy (non-hydrogen) atoms. The van der Waals surface area contributed by atoms with Crippen LogP contribution >= 0.6 is 0 Å². The molecule has 0 aliphatic carbocycles. The highest BCUT2D eigenvalue weighted by atomic mass is 19.3. The van der Waals surface area contributed by atoms with E-state index in [1.54, 1.807) is 37.4 Å². The van der Waals surface area contributed by atoms with E-state index in [0.717, 1.165) is 23.9 Å². The molecule has 7 heteroatoms. The molecule has 0 unspecified atom stereocenters. The molecule has 3 aromatic carbocycles. The second-order valence-electron chi connectivity index (χ2n) is 7.17. The van der Waals surface area contributed by atoms with Crippen molar-refractivity contribution in [3.05, 3.63) is 77.9 Å². The number of methoxy groups -OCH3 is 1. The Labute approximate surface area is 174 Å². The second kappa shape index (κ2) is 7.82. The van der Waals surface area contributed by atoms with Gasteiger partial charge < -0.3 is 14.6 Å². The maximum absolute atomic E-state index is 14.2. The zero-order chi connectivity index (χ0) is 21.3. The van der Waals surface area contributed by atoms with Crippen molar-refractivity contribution in [2.45, 2.75) is 19.4 Å². The molecule has 0 fully saturated rings. The first-order valence-corrected chi connectivity index (χ1v) is 9.48. The van der Waals surface area contributed by atoms with Crippen LogP contribution in [0.3, 0.4) is 0 Å². The Morgan fingerprint density at radius 3 is 2.50 bits per heavy atom. The summed E-state index contributed by atoms with van der Waals surface area (Å²) in [5.41, 5.74) is 3.40. The lowest BCUT2D eigenvalue weighted by atomic mass is 9.96. The zero-order valence-electron chi connectivity index (χ0n) is 16.7. The van der Waals surface area contributed by atoms with Crippen LogP contribution in [0.15, 0.2) is 66.7 Å². The SMILES string of the molecule is [B]c1ccc2c(c1)nc(Nc1ccc(OC)cc1)n2Cc1ccccc1C(C)(F)F. The molecule has 0 amide bonds. The minimum atomic E-state index is -2.94. The first kappa shape index (κ1) is 19.9.